The Labute approximate surface area is 167 Å². The molecule has 0 saturated heterocycles. The van der Waals surface area contributed by atoms with Crippen molar-refractivity contribution in [2.24, 2.45) is 17.3 Å². The van der Waals surface area contributed by atoms with Crippen LogP contribution in [0.5, 0.6) is 0 Å². The van der Waals surface area contributed by atoms with Gasteiger partial charge in [-0.2, -0.15) is 0 Å². The van der Waals surface area contributed by atoms with Crippen LogP contribution in [-0.2, 0) is 15.1 Å². The van der Waals surface area contributed by atoms with Gasteiger partial charge in [-0.05, 0) is 56.3 Å². The van der Waals surface area contributed by atoms with E-state index in [2.05, 4.69) is 41.3 Å². The third kappa shape index (κ3) is 4.29. The number of nitrogens with one attached hydrogen (secondary N) is 2. The lowest BCUT2D eigenvalue weighted by atomic mass is 9.69. The molecule has 28 heavy (non-hydrogen) atoms. The van der Waals surface area contributed by atoms with Crippen molar-refractivity contribution in [1.29, 1.82) is 0 Å². The van der Waals surface area contributed by atoms with Crippen LogP contribution in [0.2, 0.25) is 0 Å². The van der Waals surface area contributed by atoms with E-state index in [0.717, 1.165) is 38.5 Å². The standard InChI is InChI=1S/C21H34N4O3/c1-6-15(16-18(27)23-19(25-24-16)21(28-5)11-12-21)22-17(26)13-7-9-14(10-8-13)20(2,3)4/h13-15H,6-12H2,1-5H3,(H,22,26)(H,23,25,27). The second kappa shape index (κ2) is 7.93. The number of H-pyrrole nitrogens is 1. The smallest absolute Gasteiger partial charge is 0.275 e. The number of methoxy groups -OCH3 is 1. The first kappa shape index (κ1) is 21.0. The second-order valence-corrected chi connectivity index (χ2v) is 9.47. The van der Waals surface area contributed by atoms with Crippen LogP contribution in [0.4, 0.5) is 0 Å². The van der Waals surface area contributed by atoms with Gasteiger partial charge < -0.3 is 15.0 Å². The molecule has 7 heteroatoms. The van der Waals surface area contributed by atoms with Crippen LogP contribution in [0, 0.1) is 17.3 Å². The Bertz CT molecular complexity index is 756. The van der Waals surface area contributed by atoms with E-state index >= 15 is 0 Å². The molecule has 2 saturated carbocycles. The van der Waals surface area contributed by atoms with E-state index in [0.29, 0.717) is 23.6 Å². The quantitative estimate of drug-likeness (QED) is 0.777. The van der Waals surface area contributed by atoms with Crippen molar-refractivity contribution in [2.75, 3.05) is 7.11 Å². The Morgan fingerprint density at radius 2 is 1.89 bits per heavy atom. The molecule has 0 aromatic carbocycles. The summed E-state index contributed by atoms with van der Waals surface area (Å²) in [5, 5.41) is 11.4. The fraction of sp³-hybridized carbons (Fsp3) is 0.810. The summed E-state index contributed by atoms with van der Waals surface area (Å²) in [6, 6.07) is -0.421. The molecule has 156 valence electrons. The first-order chi connectivity index (χ1) is 13.2. The van der Waals surface area contributed by atoms with E-state index in [1.54, 1.807) is 7.11 Å². The zero-order valence-corrected chi connectivity index (χ0v) is 17.8. The zero-order valence-electron chi connectivity index (χ0n) is 17.8. The highest BCUT2D eigenvalue weighted by molar-refractivity contribution is 5.79. The molecule has 2 aliphatic carbocycles. The average molecular weight is 391 g/mol. The molecule has 0 radical (unpaired) electrons. The van der Waals surface area contributed by atoms with Gasteiger partial charge in [0, 0.05) is 13.0 Å². The maximum Gasteiger partial charge on any atom is 0.275 e. The Hall–Kier alpha value is -1.76. The molecule has 2 fully saturated rings. The van der Waals surface area contributed by atoms with Gasteiger partial charge in [-0.3, -0.25) is 9.59 Å². The van der Waals surface area contributed by atoms with Crippen LogP contribution in [-0.4, -0.2) is 28.2 Å². The van der Waals surface area contributed by atoms with Gasteiger partial charge in [0.1, 0.15) is 5.60 Å². The van der Waals surface area contributed by atoms with Crippen LogP contribution in [0.3, 0.4) is 0 Å². The van der Waals surface area contributed by atoms with E-state index in [9.17, 15) is 9.59 Å². The van der Waals surface area contributed by atoms with Gasteiger partial charge in [-0.1, -0.05) is 27.7 Å². The second-order valence-electron chi connectivity index (χ2n) is 9.47. The summed E-state index contributed by atoms with van der Waals surface area (Å²) in [7, 11) is 1.62. The van der Waals surface area contributed by atoms with Gasteiger partial charge in [-0.15, -0.1) is 10.2 Å². The molecule has 0 aliphatic heterocycles. The molecule has 0 bridgehead atoms. The van der Waals surface area contributed by atoms with Gasteiger partial charge in [0.25, 0.3) is 5.56 Å². The highest BCUT2D eigenvalue weighted by Gasteiger charge is 2.48. The molecule has 0 spiro atoms. The van der Waals surface area contributed by atoms with E-state index in [1.165, 1.54) is 0 Å². The predicted octanol–water partition coefficient (Wildman–Crippen LogP) is 3.22. The summed E-state index contributed by atoms with van der Waals surface area (Å²) in [4.78, 5) is 28.2. The number of aromatic amines is 1. The fourth-order valence-corrected chi connectivity index (χ4v) is 4.30. The molecule has 2 aliphatic rings. The summed E-state index contributed by atoms with van der Waals surface area (Å²) in [5.74, 6) is 1.18. The van der Waals surface area contributed by atoms with E-state index < -0.39 is 11.6 Å². The molecule has 1 aromatic rings. The fourth-order valence-electron chi connectivity index (χ4n) is 4.30. The molecule has 1 aromatic heterocycles. The highest BCUT2D eigenvalue weighted by atomic mass is 16.5. The van der Waals surface area contributed by atoms with Crippen LogP contribution < -0.4 is 10.9 Å². The van der Waals surface area contributed by atoms with Crippen LogP contribution in [0.25, 0.3) is 0 Å². The molecular formula is C21H34N4O3. The lowest BCUT2D eigenvalue weighted by Gasteiger charge is -2.36. The number of carbonyl (C=O) groups is 1. The van der Waals surface area contributed by atoms with Crippen LogP contribution in [0.15, 0.2) is 4.79 Å². The first-order valence-electron chi connectivity index (χ1n) is 10.5. The number of rotatable bonds is 6. The maximum absolute atomic E-state index is 12.8. The third-order valence-electron chi connectivity index (χ3n) is 6.63. The summed E-state index contributed by atoms with van der Waals surface area (Å²) < 4.78 is 5.45. The number of nitrogens with zero attached hydrogens (tertiary/aromatic N) is 2. The molecule has 1 atom stereocenters. The molecule has 2 N–H and O–H groups in total. The van der Waals surface area contributed by atoms with Gasteiger partial charge in [0.05, 0.1) is 6.04 Å². The minimum atomic E-state index is -0.485. The van der Waals surface area contributed by atoms with Crippen LogP contribution >= 0.6 is 0 Å². The van der Waals surface area contributed by atoms with Gasteiger partial charge >= 0.3 is 0 Å². The first-order valence-corrected chi connectivity index (χ1v) is 10.5. The third-order valence-corrected chi connectivity index (χ3v) is 6.63. The normalized spacial score (nSPS) is 25.2. The molecular weight excluding hydrogens is 356 g/mol. The van der Waals surface area contributed by atoms with Gasteiger partial charge in [0.15, 0.2) is 11.5 Å². The van der Waals surface area contributed by atoms with E-state index in [4.69, 9.17) is 4.74 Å². The van der Waals surface area contributed by atoms with Crippen LogP contribution in [0.1, 0.15) is 90.2 Å². The van der Waals surface area contributed by atoms with E-state index in [-0.39, 0.29) is 23.1 Å². The minimum absolute atomic E-state index is 0.0159. The predicted molar refractivity (Wildman–Crippen MR) is 107 cm³/mol. The molecule has 3 rings (SSSR count). The Kier molecular flexibility index (Phi) is 5.94. The Balaban J connectivity index is 1.64. The molecule has 1 amide bonds. The summed E-state index contributed by atoms with van der Waals surface area (Å²) in [6.07, 6.45) is 6.22. The van der Waals surface area contributed by atoms with Crippen molar-refractivity contribution in [2.45, 2.75) is 84.3 Å². The zero-order chi connectivity index (χ0) is 20.5. The lowest BCUT2D eigenvalue weighted by molar-refractivity contribution is -0.127. The van der Waals surface area contributed by atoms with Crippen molar-refractivity contribution in [1.82, 2.24) is 20.5 Å². The number of hydrogen-bond acceptors (Lipinski definition) is 5. The Morgan fingerprint density at radius 1 is 1.25 bits per heavy atom. The summed E-state index contributed by atoms with van der Waals surface area (Å²) >= 11 is 0. The van der Waals surface area contributed by atoms with Crippen molar-refractivity contribution in [3.63, 3.8) is 0 Å². The van der Waals surface area contributed by atoms with E-state index in [1.807, 2.05) is 6.92 Å². The van der Waals surface area contributed by atoms with Crippen molar-refractivity contribution in [3.05, 3.63) is 21.9 Å². The van der Waals surface area contributed by atoms with Crippen molar-refractivity contribution >= 4 is 5.91 Å². The molecule has 7 nitrogen and oxygen atoms in total. The minimum Gasteiger partial charge on any atom is -0.370 e. The lowest BCUT2D eigenvalue weighted by Crippen LogP contribution is -2.39. The number of amides is 1. The molecule has 1 heterocycles. The number of ether oxygens (including phenoxy) is 1. The van der Waals surface area contributed by atoms with Crippen molar-refractivity contribution < 1.29 is 9.53 Å². The van der Waals surface area contributed by atoms with Gasteiger partial charge in [-0.25, -0.2) is 0 Å². The average Bonchev–Trinajstić information content (AvgIpc) is 3.47. The number of hydrogen-bond donors (Lipinski definition) is 2. The summed E-state index contributed by atoms with van der Waals surface area (Å²) in [6.45, 7) is 8.76. The SMILES string of the molecule is CCC(NC(=O)C1CCC(C(C)(C)C)CC1)c1nnc(C2(OC)CC2)[nH]c1=O. The Morgan fingerprint density at radius 3 is 2.36 bits per heavy atom. The largest absolute Gasteiger partial charge is 0.370 e. The number of aromatic nitrogens is 3. The summed E-state index contributed by atoms with van der Waals surface area (Å²) in [5.41, 5.74) is -0.215. The molecule has 1 unspecified atom stereocenters. The highest BCUT2D eigenvalue weighted by Crippen LogP contribution is 2.46. The van der Waals surface area contributed by atoms with Crippen molar-refractivity contribution in [3.8, 4) is 0 Å². The maximum atomic E-state index is 12.8. The number of carbonyl (C=O) groups excluding carboxylic acids is 1. The topological polar surface area (TPSA) is 97.0 Å². The van der Waals surface area contributed by atoms with Gasteiger partial charge in [0.2, 0.25) is 5.91 Å². The monoisotopic (exact) mass is 390 g/mol.